The van der Waals surface area contributed by atoms with E-state index in [2.05, 4.69) is 9.62 Å². The Balaban J connectivity index is 1.77. The van der Waals surface area contributed by atoms with Gasteiger partial charge in [0.15, 0.2) is 0 Å². The van der Waals surface area contributed by atoms with Crippen LogP contribution in [0.3, 0.4) is 0 Å². The van der Waals surface area contributed by atoms with Crippen LogP contribution in [0, 0.1) is 0 Å². The summed E-state index contributed by atoms with van der Waals surface area (Å²) in [5.74, 6) is 0.472. The third-order valence-corrected chi connectivity index (χ3v) is 6.38. The molecule has 0 spiro atoms. The van der Waals surface area contributed by atoms with E-state index >= 15 is 0 Å². The summed E-state index contributed by atoms with van der Waals surface area (Å²) in [7, 11) is -2.05. The van der Waals surface area contributed by atoms with Gasteiger partial charge in [-0.2, -0.15) is 0 Å². The smallest absolute Gasteiger partial charge is 0.240 e. The number of ether oxygens (including phenoxy) is 1. The van der Waals surface area contributed by atoms with Crippen molar-refractivity contribution in [2.75, 3.05) is 20.2 Å². The minimum absolute atomic E-state index is 0.00817. The molecule has 1 N–H and O–H groups in total. The Hall–Kier alpha value is -0.820. The van der Waals surface area contributed by atoms with Crippen molar-refractivity contribution in [1.29, 1.82) is 0 Å². The third kappa shape index (κ3) is 3.11. The highest BCUT2D eigenvalue weighted by molar-refractivity contribution is 7.89. The molecule has 2 saturated heterocycles. The number of hydrogen-bond acceptors (Lipinski definition) is 4. The van der Waals surface area contributed by atoms with Crippen LogP contribution in [-0.2, 0) is 10.0 Å². The number of benzene rings is 1. The first-order valence-electron chi connectivity index (χ1n) is 7.61. The third-order valence-electron chi connectivity index (χ3n) is 4.60. The lowest BCUT2D eigenvalue weighted by atomic mass is 10.00. The van der Waals surface area contributed by atoms with Gasteiger partial charge in [-0.1, -0.05) is 18.0 Å². The Labute approximate surface area is 136 Å². The molecule has 122 valence electrons. The molecule has 2 fully saturated rings. The molecule has 0 unspecified atom stereocenters. The van der Waals surface area contributed by atoms with Gasteiger partial charge in [-0.3, -0.25) is 4.90 Å². The molecule has 0 amide bonds. The maximum Gasteiger partial charge on any atom is 0.240 e. The molecule has 1 aromatic carbocycles. The number of methoxy groups -OCH3 is 1. The van der Waals surface area contributed by atoms with Gasteiger partial charge in [0.2, 0.25) is 10.0 Å². The van der Waals surface area contributed by atoms with Gasteiger partial charge in [0.25, 0.3) is 0 Å². The second kappa shape index (κ2) is 6.35. The molecule has 2 aliphatic rings. The van der Waals surface area contributed by atoms with Gasteiger partial charge in [0.1, 0.15) is 5.75 Å². The number of nitrogens with zero attached hydrogens (tertiary/aromatic N) is 1. The van der Waals surface area contributed by atoms with Gasteiger partial charge in [-0.15, -0.1) is 0 Å². The number of rotatable bonds is 4. The van der Waals surface area contributed by atoms with Crippen LogP contribution in [0.15, 0.2) is 23.1 Å². The quantitative estimate of drug-likeness (QED) is 0.910. The fourth-order valence-electron chi connectivity index (χ4n) is 3.47. The first-order valence-corrected chi connectivity index (χ1v) is 9.47. The molecule has 0 aliphatic carbocycles. The van der Waals surface area contributed by atoms with Crippen LogP contribution in [-0.4, -0.2) is 45.6 Å². The average molecular weight is 345 g/mol. The number of halogens is 1. The predicted molar refractivity (Wildman–Crippen MR) is 85.9 cm³/mol. The second-order valence-electron chi connectivity index (χ2n) is 5.91. The molecule has 7 heteroatoms. The fraction of sp³-hybridized carbons (Fsp3) is 0.600. The topological polar surface area (TPSA) is 58.6 Å². The summed E-state index contributed by atoms with van der Waals surface area (Å²) in [6.45, 7) is 2.05. The summed E-state index contributed by atoms with van der Waals surface area (Å²) < 4.78 is 33.1. The van der Waals surface area contributed by atoms with Crippen molar-refractivity contribution >= 4 is 21.6 Å². The fourth-order valence-corrected chi connectivity index (χ4v) is 5.12. The van der Waals surface area contributed by atoms with Gasteiger partial charge in [0.05, 0.1) is 17.0 Å². The molecule has 0 radical (unpaired) electrons. The van der Waals surface area contributed by atoms with Crippen molar-refractivity contribution in [2.24, 2.45) is 0 Å². The molecular formula is C15H21ClN2O3S. The highest BCUT2D eigenvalue weighted by atomic mass is 35.5. The number of hydrogen-bond donors (Lipinski definition) is 1. The van der Waals surface area contributed by atoms with Crippen molar-refractivity contribution in [3.63, 3.8) is 0 Å². The predicted octanol–water partition coefficient (Wildman–Crippen LogP) is 2.25. The SMILES string of the molecule is COc1ccc(S(=O)(=O)N[C@@H]2CCN3CCCC[C@H]23)cc1Cl. The van der Waals surface area contributed by atoms with Crippen LogP contribution in [0.1, 0.15) is 25.7 Å². The highest BCUT2D eigenvalue weighted by Crippen LogP contribution is 2.30. The maximum absolute atomic E-state index is 12.6. The number of sulfonamides is 1. The van der Waals surface area contributed by atoms with Crippen LogP contribution in [0.25, 0.3) is 0 Å². The molecule has 22 heavy (non-hydrogen) atoms. The summed E-state index contributed by atoms with van der Waals surface area (Å²) in [5, 5.41) is 0.302. The molecule has 5 nitrogen and oxygen atoms in total. The molecule has 0 saturated carbocycles. The van der Waals surface area contributed by atoms with E-state index in [1.54, 1.807) is 6.07 Å². The van der Waals surface area contributed by atoms with Crippen molar-refractivity contribution in [1.82, 2.24) is 9.62 Å². The van der Waals surface area contributed by atoms with Crippen molar-refractivity contribution in [3.8, 4) is 5.75 Å². The molecule has 1 aromatic rings. The lowest BCUT2D eigenvalue weighted by Crippen LogP contribution is -2.46. The molecule has 2 aliphatic heterocycles. The molecule has 2 heterocycles. The summed E-state index contributed by atoms with van der Waals surface area (Å²) in [4.78, 5) is 2.59. The van der Waals surface area contributed by atoms with E-state index in [1.807, 2.05) is 0 Å². The number of nitrogens with one attached hydrogen (secondary N) is 1. The van der Waals surface area contributed by atoms with Gasteiger partial charge in [-0.25, -0.2) is 13.1 Å². The highest BCUT2D eigenvalue weighted by Gasteiger charge is 2.37. The Morgan fingerprint density at radius 2 is 2.09 bits per heavy atom. The molecule has 0 bridgehead atoms. The first-order chi connectivity index (χ1) is 10.5. The van der Waals surface area contributed by atoms with E-state index in [-0.39, 0.29) is 10.9 Å². The van der Waals surface area contributed by atoms with E-state index in [9.17, 15) is 8.42 Å². The minimum Gasteiger partial charge on any atom is -0.495 e. The van der Waals surface area contributed by atoms with Gasteiger partial charge in [0, 0.05) is 18.6 Å². The summed E-state index contributed by atoms with van der Waals surface area (Å²) in [6, 6.07) is 4.87. The van der Waals surface area contributed by atoms with Crippen molar-refractivity contribution in [2.45, 2.75) is 42.7 Å². The molecule has 2 atom stereocenters. The Morgan fingerprint density at radius 1 is 1.27 bits per heavy atom. The Morgan fingerprint density at radius 3 is 2.82 bits per heavy atom. The zero-order valence-electron chi connectivity index (χ0n) is 12.6. The van der Waals surface area contributed by atoms with Crippen LogP contribution in [0.4, 0.5) is 0 Å². The van der Waals surface area contributed by atoms with Crippen molar-refractivity contribution < 1.29 is 13.2 Å². The Bertz CT molecular complexity index is 650. The zero-order valence-corrected chi connectivity index (χ0v) is 14.2. The van der Waals surface area contributed by atoms with E-state index in [4.69, 9.17) is 16.3 Å². The van der Waals surface area contributed by atoms with Gasteiger partial charge >= 0.3 is 0 Å². The lowest BCUT2D eigenvalue weighted by molar-refractivity contribution is 0.186. The van der Waals surface area contributed by atoms with Crippen LogP contribution >= 0.6 is 11.6 Å². The monoisotopic (exact) mass is 344 g/mol. The number of piperidine rings is 1. The molecule has 3 rings (SSSR count). The van der Waals surface area contributed by atoms with E-state index in [0.29, 0.717) is 16.8 Å². The summed E-state index contributed by atoms with van der Waals surface area (Å²) in [6.07, 6.45) is 4.32. The van der Waals surface area contributed by atoms with Gasteiger partial charge in [-0.05, 0) is 44.0 Å². The van der Waals surface area contributed by atoms with Crippen LogP contribution in [0.2, 0.25) is 5.02 Å². The maximum atomic E-state index is 12.6. The number of fused-ring (bicyclic) bond motifs is 1. The van der Waals surface area contributed by atoms with Crippen LogP contribution < -0.4 is 9.46 Å². The Kier molecular flexibility index (Phi) is 4.64. The van der Waals surface area contributed by atoms with E-state index in [0.717, 1.165) is 25.9 Å². The second-order valence-corrected chi connectivity index (χ2v) is 8.03. The summed E-state index contributed by atoms with van der Waals surface area (Å²) >= 11 is 6.04. The van der Waals surface area contributed by atoms with E-state index < -0.39 is 10.0 Å². The first kappa shape index (κ1) is 16.1. The largest absolute Gasteiger partial charge is 0.495 e. The van der Waals surface area contributed by atoms with Crippen LogP contribution in [0.5, 0.6) is 5.75 Å². The van der Waals surface area contributed by atoms with Crippen molar-refractivity contribution in [3.05, 3.63) is 23.2 Å². The average Bonchev–Trinajstić information content (AvgIpc) is 2.90. The zero-order chi connectivity index (χ0) is 15.7. The molecular weight excluding hydrogens is 324 g/mol. The lowest BCUT2D eigenvalue weighted by Gasteiger charge is -2.32. The van der Waals surface area contributed by atoms with Gasteiger partial charge < -0.3 is 4.74 Å². The molecule has 0 aromatic heterocycles. The normalized spacial score (nSPS) is 25.9. The van der Waals surface area contributed by atoms with E-state index in [1.165, 1.54) is 32.1 Å². The summed E-state index contributed by atoms with van der Waals surface area (Å²) in [5.41, 5.74) is 0. The standard InChI is InChI=1S/C15H21ClN2O3S/c1-21-15-6-5-11(10-12(15)16)22(19,20)17-13-7-9-18-8-3-2-4-14(13)18/h5-6,10,13-14,17H,2-4,7-9H2,1H3/t13-,14-/m1/s1. The minimum atomic E-state index is -3.56.